The minimum Gasteiger partial charge on any atom is -0.503 e. The lowest BCUT2D eigenvalue weighted by molar-refractivity contribution is -0.133. The summed E-state index contributed by atoms with van der Waals surface area (Å²) < 4.78 is 11.3. The van der Waals surface area contributed by atoms with E-state index < -0.39 is 5.97 Å². The molecular formula is C17H14ClN3O4S. The Morgan fingerprint density at radius 1 is 1.23 bits per heavy atom. The second-order valence-electron chi connectivity index (χ2n) is 5.24. The molecule has 0 saturated carbocycles. The number of rotatable bonds is 5. The molecule has 9 heteroatoms. The fraction of sp³-hybridized carbons (Fsp3) is 0.176. The Bertz CT molecular complexity index is 1020. The van der Waals surface area contributed by atoms with E-state index in [1.54, 1.807) is 31.2 Å². The van der Waals surface area contributed by atoms with Crippen molar-refractivity contribution < 1.29 is 19.1 Å². The SMILES string of the molecule is CO/C=C(\C(=O)OC)c1sc2nc(C(=O)c3ccc(Cl)cc3)nn2c1C. The average molecular weight is 392 g/mol. The van der Waals surface area contributed by atoms with Gasteiger partial charge in [-0.2, -0.15) is 4.98 Å². The number of carbonyl (C=O) groups excluding carboxylic acids is 2. The maximum absolute atomic E-state index is 12.5. The molecule has 2 aromatic heterocycles. The molecule has 0 bridgehead atoms. The van der Waals surface area contributed by atoms with Gasteiger partial charge in [0, 0.05) is 10.6 Å². The topological polar surface area (TPSA) is 82.8 Å². The van der Waals surface area contributed by atoms with Gasteiger partial charge in [-0.1, -0.05) is 22.9 Å². The van der Waals surface area contributed by atoms with Crippen molar-refractivity contribution in [3.63, 3.8) is 0 Å². The van der Waals surface area contributed by atoms with Gasteiger partial charge in [0.2, 0.25) is 16.6 Å². The third-order valence-electron chi connectivity index (χ3n) is 3.61. The molecule has 0 unspecified atom stereocenters. The number of nitrogens with zero attached hydrogens (tertiary/aromatic N) is 3. The summed E-state index contributed by atoms with van der Waals surface area (Å²) >= 11 is 7.06. The van der Waals surface area contributed by atoms with Crippen LogP contribution in [0.2, 0.25) is 5.02 Å². The number of halogens is 1. The number of ketones is 1. The summed E-state index contributed by atoms with van der Waals surface area (Å²) in [6, 6.07) is 6.51. The monoisotopic (exact) mass is 391 g/mol. The second kappa shape index (κ2) is 7.27. The van der Waals surface area contributed by atoms with Gasteiger partial charge < -0.3 is 9.47 Å². The molecule has 0 fully saturated rings. The molecule has 26 heavy (non-hydrogen) atoms. The van der Waals surface area contributed by atoms with Crippen molar-refractivity contribution in [2.24, 2.45) is 0 Å². The van der Waals surface area contributed by atoms with Crippen LogP contribution in [0.1, 0.15) is 26.8 Å². The van der Waals surface area contributed by atoms with Gasteiger partial charge in [-0.15, -0.1) is 5.10 Å². The maximum atomic E-state index is 12.5. The van der Waals surface area contributed by atoms with Gasteiger partial charge in [-0.3, -0.25) is 4.79 Å². The first-order valence-corrected chi connectivity index (χ1v) is 8.63. The van der Waals surface area contributed by atoms with E-state index in [4.69, 9.17) is 21.1 Å². The fourth-order valence-corrected chi connectivity index (χ4v) is 3.52. The van der Waals surface area contributed by atoms with Crippen molar-refractivity contribution >= 4 is 45.2 Å². The van der Waals surface area contributed by atoms with Crippen LogP contribution in [0.5, 0.6) is 0 Å². The van der Waals surface area contributed by atoms with Crippen LogP contribution in [0, 0.1) is 6.92 Å². The third kappa shape index (κ3) is 3.21. The van der Waals surface area contributed by atoms with E-state index in [2.05, 4.69) is 10.1 Å². The largest absolute Gasteiger partial charge is 0.503 e. The van der Waals surface area contributed by atoms with E-state index in [1.165, 1.54) is 36.3 Å². The predicted octanol–water partition coefficient (Wildman–Crippen LogP) is 3.14. The molecule has 7 nitrogen and oxygen atoms in total. The van der Waals surface area contributed by atoms with Crippen molar-refractivity contribution in [1.29, 1.82) is 0 Å². The Morgan fingerprint density at radius 3 is 2.50 bits per heavy atom. The highest BCUT2D eigenvalue weighted by molar-refractivity contribution is 7.18. The third-order valence-corrected chi connectivity index (χ3v) is 5.03. The van der Waals surface area contributed by atoms with Crippen molar-refractivity contribution in [3.05, 3.63) is 57.5 Å². The quantitative estimate of drug-likeness (QED) is 0.287. The number of ether oxygens (including phenoxy) is 2. The molecule has 3 rings (SSSR count). The van der Waals surface area contributed by atoms with Crippen LogP contribution in [0.25, 0.3) is 10.5 Å². The van der Waals surface area contributed by atoms with E-state index in [9.17, 15) is 9.59 Å². The number of methoxy groups -OCH3 is 2. The molecule has 3 aromatic rings. The second-order valence-corrected chi connectivity index (χ2v) is 6.66. The van der Waals surface area contributed by atoms with Crippen LogP contribution < -0.4 is 0 Å². The van der Waals surface area contributed by atoms with Gasteiger partial charge >= 0.3 is 5.97 Å². The van der Waals surface area contributed by atoms with Crippen LogP contribution in [-0.4, -0.2) is 40.6 Å². The predicted molar refractivity (Wildman–Crippen MR) is 97.5 cm³/mol. The Labute approximate surface area is 157 Å². The van der Waals surface area contributed by atoms with Crippen LogP contribution in [-0.2, 0) is 14.3 Å². The van der Waals surface area contributed by atoms with Crippen molar-refractivity contribution in [2.75, 3.05) is 14.2 Å². The summed E-state index contributed by atoms with van der Waals surface area (Å²) in [6.07, 6.45) is 1.31. The van der Waals surface area contributed by atoms with E-state index in [-0.39, 0.29) is 17.2 Å². The summed E-state index contributed by atoms with van der Waals surface area (Å²) in [7, 11) is 2.74. The first kappa shape index (κ1) is 18.1. The van der Waals surface area contributed by atoms with Crippen molar-refractivity contribution in [3.8, 4) is 0 Å². The summed E-state index contributed by atoms with van der Waals surface area (Å²) in [5, 5.41) is 4.82. The molecule has 0 saturated heterocycles. The normalized spacial score (nSPS) is 11.6. The summed E-state index contributed by atoms with van der Waals surface area (Å²) in [4.78, 5) is 29.9. The Hall–Kier alpha value is -2.71. The van der Waals surface area contributed by atoms with Crippen molar-refractivity contribution in [2.45, 2.75) is 6.92 Å². The lowest BCUT2D eigenvalue weighted by atomic mass is 10.1. The number of hydrogen-bond acceptors (Lipinski definition) is 7. The van der Waals surface area contributed by atoms with Crippen LogP contribution >= 0.6 is 22.9 Å². The Balaban J connectivity index is 2.01. The highest BCUT2D eigenvalue weighted by Crippen LogP contribution is 2.29. The first-order valence-electron chi connectivity index (χ1n) is 7.44. The molecule has 0 spiro atoms. The maximum Gasteiger partial charge on any atom is 0.342 e. The number of esters is 1. The minimum atomic E-state index is -0.531. The summed E-state index contributed by atoms with van der Waals surface area (Å²) in [5.74, 6) is -0.764. The molecule has 0 aliphatic carbocycles. The highest BCUT2D eigenvalue weighted by Gasteiger charge is 2.24. The zero-order valence-corrected chi connectivity index (χ0v) is 15.7. The van der Waals surface area contributed by atoms with Gasteiger partial charge in [0.05, 0.1) is 31.1 Å². The Kier molecular flexibility index (Phi) is 5.06. The van der Waals surface area contributed by atoms with Gasteiger partial charge in [0.25, 0.3) is 0 Å². The molecular weight excluding hydrogens is 378 g/mol. The standard InChI is InChI=1S/C17H14ClN3O4S/c1-9-14(12(8-24-2)16(23)25-3)26-17-19-15(20-21(9)17)13(22)10-4-6-11(18)7-5-10/h4-8H,1-3H3/b12-8-. The molecule has 134 valence electrons. The van der Waals surface area contributed by atoms with Crippen LogP contribution in [0.15, 0.2) is 30.5 Å². The fourth-order valence-electron chi connectivity index (χ4n) is 2.34. The molecule has 0 N–H and O–H groups in total. The van der Waals surface area contributed by atoms with E-state index in [0.29, 0.717) is 26.1 Å². The zero-order valence-electron chi connectivity index (χ0n) is 14.1. The number of hydrogen-bond donors (Lipinski definition) is 0. The summed E-state index contributed by atoms with van der Waals surface area (Å²) in [6.45, 7) is 1.77. The Morgan fingerprint density at radius 2 is 1.92 bits per heavy atom. The number of carbonyl (C=O) groups is 2. The number of aryl methyl sites for hydroxylation is 1. The lowest BCUT2D eigenvalue weighted by Gasteiger charge is -2.03. The van der Waals surface area contributed by atoms with Gasteiger partial charge in [0.1, 0.15) is 5.57 Å². The smallest absolute Gasteiger partial charge is 0.342 e. The lowest BCUT2D eigenvalue weighted by Crippen LogP contribution is -2.06. The van der Waals surface area contributed by atoms with Crippen molar-refractivity contribution in [1.82, 2.24) is 14.6 Å². The number of thiazole rings is 1. The molecule has 0 radical (unpaired) electrons. The average Bonchev–Trinajstić information content (AvgIpc) is 3.19. The van der Waals surface area contributed by atoms with Crippen LogP contribution in [0.3, 0.4) is 0 Å². The van der Waals surface area contributed by atoms with Gasteiger partial charge in [-0.05, 0) is 31.2 Å². The minimum absolute atomic E-state index is 0.0727. The van der Waals surface area contributed by atoms with Gasteiger partial charge in [-0.25, -0.2) is 9.31 Å². The highest BCUT2D eigenvalue weighted by atomic mass is 35.5. The molecule has 0 atom stereocenters. The van der Waals surface area contributed by atoms with E-state index >= 15 is 0 Å². The molecule has 0 aliphatic heterocycles. The van der Waals surface area contributed by atoms with Gasteiger partial charge in [0.15, 0.2) is 0 Å². The number of aromatic nitrogens is 3. The van der Waals surface area contributed by atoms with E-state index in [0.717, 1.165) is 0 Å². The summed E-state index contributed by atoms with van der Waals surface area (Å²) in [5.41, 5.74) is 1.36. The first-order chi connectivity index (χ1) is 12.5. The molecule has 1 aromatic carbocycles. The molecule has 2 heterocycles. The zero-order chi connectivity index (χ0) is 18.8. The van der Waals surface area contributed by atoms with E-state index in [1.807, 2.05) is 0 Å². The molecule has 0 aliphatic rings. The van der Waals surface area contributed by atoms with Crippen LogP contribution in [0.4, 0.5) is 0 Å². The molecule has 0 amide bonds. The number of fused-ring (bicyclic) bond motifs is 1. The number of benzene rings is 1.